The molecule has 0 aliphatic rings. The molecule has 0 radical (unpaired) electrons. The number of aromatic nitrogens is 3. The number of rotatable bonds is 3. The van der Waals surface area contributed by atoms with Crippen LogP contribution in [-0.4, -0.2) is 27.0 Å². The summed E-state index contributed by atoms with van der Waals surface area (Å²) in [5.74, 6) is -0.374. The van der Waals surface area contributed by atoms with Gasteiger partial charge < -0.3 is 9.30 Å². The molecule has 0 saturated carbocycles. The highest BCUT2D eigenvalue weighted by atomic mass is 32.1. The highest BCUT2D eigenvalue weighted by Gasteiger charge is 2.14. The molecule has 0 N–H and O–H groups in total. The second kappa shape index (κ2) is 7.21. The number of benzene rings is 2. The molecule has 0 aliphatic heterocycles. The van der Waals surface area contributed by atoms with E-state index in [1.807, 2.05) is 62.4 Å². The number of esters is 1. The Morgan fingerprint density at radius 3 is 2.71 bits per heavy atom. The maximum absolute atomic E-state index is 13.1. The minimum atomic E-state index is -0.374. The number of hydrogen-bond acceptors (Lipinski definition) is 5. The Balaban J connectivity index is 1.65. The Morgan fingerprint density at radius 1 is 1.10 bits per heavy atom. The third kappa shape index (κ3) is 3.05. The van der Waals surface area contributed by atoms with Gasteiger partial charge in [-0.3, -0.25) is 4.79 Å². The number of hydrogen-bond donors (Lipinski definition) is 0. The molecule has 154 valence electrons. The van der Waals surface area contributed by atoms with Gasteiger partial charge in [-0.05, 0) is 61.9 Å². The summed E-state index contributed by atoms with van der Waals surface area (Å²) < 4.78 is 9.21. The van der Waals surface area contributed by atoms with Gasteiger partial charge in [-0.1, -0.05) is 29.5 Å². The number of methoxy groups -OCH3 is 1. The highest BCUT2D eigenvalue weighted by molar-refractivity contribution is 7.15. The minimum Gasteiger partial charge on any atom is -0.465 e. The van der Waals surface area contributed by atoms with Gasteiger partial charge in [0, 0.05) is 17.1 Å². The molecule has 0 bridgehead atoms. The molecule has 0 spiro atoms. The molecule has 0 fully saturated rings. The van der Waals surface area contributed by atoms with E-state index in [0.717, 1.165) is 33.7 Å². The number of aryl methyl sites for hydroxylation is 1. The molecule has 0 amide bonds. The van der Waals surface area contributed by atoms with Crippen LogP contribution in [0.4, 0.5) is 0 Å². The predicted molar refractivity (Wildman–Crippen MR) is 122 cm³/mol. The van der Waals surface area contributed by atoms with Crippen molar-refractivity contribution in [3.8, 4) is 5.69 Å². The summed E-state index contributed by atoms with van der Waals surface area (Å²) in [6, 6.07) is 17.0. The molecular formula is C24H19N3O3S. The van der Waals surface area contributed by atoms with Crippen molar-refractivity contribution in [2.45, 2.75) is 13.8 Å². The molecule has 5 aromatic rings. The molecule has 7 heteroatoms. The molecule has 5 rings (SSSR count). The van der Waals surface area contributed by atoms with E-state index in [-0.39, 0.29) is 11.5 Å². The fourth-order valence-electron chi connectivity index (χ4n) is 3.97. The van der Waals surface area contributed by atoms with Gasteiger partial charge in [0.1, 0.15) is 0 Å². The van der Waals surface area contributed by atoms with Crippen LogP contribution in [0.15, 0.2) is 59.4 Å². The molecule has 0 saturated heterocycles. The van der Waals surface area contributed by atoms with Crippen molar-refractivity contribution in [1.82, 2.24) is 14.0 Å². The van der Waals surface area contributed by atoms with Crippen molar-refractivity contribution in [2.75, 3.05) is 7.11 Å². The molecule has 6 nitrogen and oxygen atoms in total. The van der Waals surface area contributed by atoms with Crippen molar-refractivity contribution in [1.29, 1.82) is 0 Å². The molecule has 0 unspecified atom stereocenters. The van der Waals surface area contributed by atoms with Crippen LogP contribution in [-0.2, 0) is 4.74 Å². The summed E-state index contributed by atoms with van der Waals surface area (Å²) in [6.07, 6.45) is 1.92. The molecular weight excluding hydrogens is 410 g/mol. The summed E-state index contributed by atoms with van der Waals surface area (Å²) in [5, 5.41) is 0. The maximum Gasteiger partial charge on any atom is 0.337 e. The Labute approximate surface area is 181 Å². The second-order valence-corrected chi connectivity index (χ2v) is 8.35. The fraction of sp³-hybridized carbons (Fsp3) is 0.125. The number of ether oxygens (including phenoxy) is 1. The average molecular weight is 430 g/mol. The fourth-order valence-corrected chi connectivity index (χ4v) is 4.95. The lowest BCUT2D eigenvalue weighted by molar-refractivity contribution is 0.0600. The van der Waals surface area contributed by atoms with E-state index in [4.69, 9.17) is 4.74 Å². The van der Waals surface area contributed by atoms with E-state index < -0.39 is 0 Å². The maximum atomic E-state index is 13.1. The Hall–Kier alpha value is -3.71. The van der Waals surface area contributed by atoms with Gasteiger partial charge in [0.2, 0.25) is 0 Å². The lowest BCUT2D eigenvalue weighted by Gasteiger charge is -2.11. The molecule has 3 aromatic heterocycles. The van der Waals surface area contributed by atoms with E-state index in [2.05, 4.69) is 9.55 Å². The minimum absolute atomic E-state index is 0.0637. The number of para-hydroxylation sites is 2. The van der Waals surface area contributed by atoms with E-state index in [0.29, 0.717) is 15.1 Å². The van der Waals surface area contributed by atoms with Crippen LogP contribution in [0.5, 0.6) is 0 Å². The number of carbonyl (C=O) groups excluding carboxylic acids is 1. The third-order valence-electron chi connectivity index (χ3n) is 5.43. The standard InChI is InChI=1S/C24H19N3O3S/c1-14-11-17(15(2)26(14)18-8-6-7-16(12-18)23(29)30-3)13-21-22(28)27-20-10-5-4-9-19(20)25-24(27)31-21/h4-13H,1-3H3/b21-13-. The lowest BCUT2D eigenvalue weighted by Crippen LogP contribution is -2.22. The number of carbonyl (C=O) groups is 1. The van der Waals surface area contributed by atoms with Crippen molar-refractivity contribution in [3.05, 3.63) is 92.0 Å². The highest BCUT2D eigenvalue weighted by Crippen LogP contribution is 2.23. The van der Waals surface area contributed by atoms with Crippen molar-refractivity contribution in [3.63, 3.8) is 0 Å². The monoisotopic (exact) mass is 429 g/mol. The molecule has 0 atom stereocenters. The Morgan fingerprint density at radius 2 is 1.90 bits per heavy atom. The lowest BCUT2D eigenvalue weighted by atomic mass is 10.2. The zero-order valence-corrected chi connectivity index (χ0v) is 18.1. The SMILES string of the molecule is COC(=O)c1cccc(-n2c(C)cc(/C=c3\sc4nc5ccccc5n4c3=O)c2C)c1. The predicted octanol–water partition coefficient (Wildman–Crippen LogP) is 3.65. The number of imidazole rings is 1. The van der Waals surface area contributed by atoms with Crippen molar-refractivity contribution in [2.24, 2.45) is 0 Å². The van der Waals surface area contributed by atoms with Crippen LogP contribution in [0.25, 0.3) is 27.8 Å². The third-order valence-corrected chi connectivity index (χ3v) is 6.40. The molecule has 0 aliphatic carbocycles. The van der Waals surface area contributed by atoms with Gasteiger partial charge in [-0.2, -0.15) is 0 Å². The average Bonchev–Trinajstić information content (AvgIpc) is 3.38. The van der Waals surface area contributed by atoms with E-state index in [9.17, 15) is 9.59 Å². The zero-order chi connectivity index (χ0) is 21.7. The Bertz CT molecular complexity index is 1590. The quantitative estimate of drug-likeness (QED) is 0.411. The summed E-state index contributed by atoms with van der Waals surface area (Å²) >= 11 is 1.39. The zero-order valence-electron chi connectivity index (χ0n) is 17.2. The van der Waals surface area contributed by atoms with Gasteiger partial charge in [0.25, 0.3) is 5.56 Å². The van der Waals surface area contributed by atoms with Crippen LogP contribution in [0.1, 0.15) is 27.3 Å². The summed E-state index contributed by atoms with van der Waals surface area (Å²) in [5.41, 5.74) is 5.88. The van der Waals surface area contributed by atoms with Crippen molar-refractivity contribution >= 4 is 39.4 Å². The van der Waals surface area contributed by atoms with Gasteiger partial charge in [-0.15, -0.1) is 0 Å². The molecule has 2 aromatic carbocycles. The first-order chi connectivity index (χ1) is 15.0. The number of fused-ring (bicyclic) bond motifs is 3. The second-order valence-electron chi connectivity index (χ2n) is 7.34. The summed E-state index contributed by atoms with van der Waals surface area (Å²) in [6.45, 7) is 4.00. The summed E-state index contributed by atoms with van der Waals surface area (Å²) in [4.78, 5) is 30.3. The van der Waals surface area contributed by atoms with Crippen LogP contribution < -0.4 is 10.1 Å². The van der Waals surface area contributed by atoms with Crippen LogP contribution >= 0.6 is 11.3 Å². The van der Waals surface area contributed by atoms with Crippen molar-refractivity contribution < 1.29 is 9.53 Å². The van der Waals surface area contributed by atoms with Gasteiger partial charge in [0.05, 0.1) is 28.2 Å². The summed E-state index contributed by atoms with van der Waals surface area (Å²) in [7, 11) is 1.37. The van der Waals surface area contributed by atoms with Crippen LogP contribution in [0, 0.1) is 13.8 Å². The van der Waals surface area contributed by atoms with E-state index in [1.165, 1.54) is 18.4 Å². The van der Waals surface area contributed by atoms with Crippen LogP contribution in [0.3, 0.4) is 0 Å². The number of nitrogens with zero attached hydrogens (tertiary/aromatic N) is 3. The number of thiazole rings is 1. The van der Waals surface area contributed by atoms with E-state index in [1.54, 1.807) is 16.5 Å². The smallest absolute Gasteiger partial charge is 0.337 e. The Kier molecular flexibility index (Phi) is 4.48. The molecule has 31 heavy (non-hydrogen) atoms. The van der Waals surface area contributed by atoms with E-state index >= 15 is 0 Å². The first-order valence-corrected chi connectivity index (χ1v) is 10.6. The normalized spacial score (nSPS) is 12.2. The first-order valence-electron chi connectivity index (χ1n) is 9.77. The first kappa shape index (κ1) is 19.3. The van der Waals surface area contributed by atoms with Gasteiger partial charge in [-0.25, -0.2) is 14.2 Å². The van der Waals surface area contributed by atoms with Gasteiger partial charge in [0.15, 0.2) is 4.96 Å². The van der Waals surface area contributed by atoms with Crippen LogP contribution in [0.2, 0.25) is 0 Å². The molecule has 3 heterocycles. The topological polar surface area (TPSA) is 65.6 Å². The largest absolute Gasteiger partial charge is 0.465 e. The van der Waals surface area contributed by atoms with Gasteiger partial charge >= 0.3 is 5.97 Å².